The normalized spacial score (nSPS) is 11.7. The highest BCUT2D eigenvalue weighted by atomic mass is 128. The Kier molecular flexibility index (Phi) is 30.8. The molecule has 3 atom stereocenters. The maximum absolute atomic E-state index is 9.58. The Morgan fingerprint density at radius 1 is 0.839 bits per heavy atom. The van der Waals surface area contributed by atoms with Crippen LogP contribution in [-0.4, -0.2) is 32.0 Å². The van der Waals surface area contributed by atoms with Crippen molar-refractivity contribution < 1.29 is 14.6 Å². The molecule has 6 heteroatoms. The molecule has 2 N–H and O–H groups in total. The first-order chi connectivity index (χ1) is 15.0. The van der Waals surface area contributed by atoms with Gasteiger partial charge in [-0.3, -0.25) is 4.79 Å². The van der Waals surface area contributed by atoms with Crippen LogP contribution in [-0.2, 0) is 9.53 Å². The first-order valence-corrected chi connectivity index (χ1v) is 16.7. The molecule has 3 unspecified atom stereocenters. The number of hydrogen-bond acceptors (Lipinski definition) is 3. The second-order valence-corrected chi connectivity index (χ2v) is 6.60. The van der Waals surface area contributed by atoms with Crippen LogP contribution in [0.1, 0.15) is 70.4 Å². The minimum atomic E-state index is -0.169. The van der Waals surface area contributed by atoms with Gasteiger partial charge in [0.2, 0.25) is 6.41 Å². The number of aliphatic hydroxyl groups is 1. The number of carbonyl (C=O) groups excluding carboxylic acids is 1. The van der Waals surface area contributed by atoms with Crippen molar-refractivity contribution in [2.75, 3.05) is 14.2 Å². The fraction of sp³-hybridized carbons (Fsp3) is 0.480. The van der Waals surface area contributed by atoms with E-state index < -0.39 is 0 Å². The number of ether oxygens (including phenoxy) is 1. The molecule has 31 heavy (non-hydrogen) atoms. The molecule has 0 saturated heterocycles. The third kappa shape index (κ3) is 20.9. The number of rotatable bonds is 7. The standard InChI is InChI=1S/2C10H14.C4H9NO2.CH4O.I2/c2*1-3-9(2)10-7-5-4-6-8-10;1-4(7-2)5-3-6;2*1-2/h2*4-9H,3H2,1-2H3;3-4H,1-2H3,(H,5,6);2H,1H3;. The lowest BCUT2D eigenvalue weighted by Gasteiger charge is -2.06. The monoisotopic (exact) mass is 657 g/mol. The second kappa shape index (κ2) is 27.3. The van der Waals surface area contributed by atoms with Gasteiger partial charge in [0, 0.05) is 51.5 Å². The molecule has 4 nitrogen and oxygen atoms in total. The molecule has 2 rings (SSSR count). The van der Waals surface area contributed by atoms with Crippen LogP contribution < -0.4 is 5.32 Å². The van der Waals surface area contributed by atoms with Gasteiger partial charge in [0.1, 0.15) is 6.23 Å². The number of nitrogens with one attached hydrogen (secondary N) is 1. The van der Waals surface area contributed by atoms with Gasteiger partial charge in [-0.1, -0.05) is 88.4 Å². The van der Waals surface area contributed by atoms with Crippen LogP contribution in [0.25, 0.3) is 0 Å². The van der Waals surface area contributed by atoms with Gasteiger partial charge in [-0.2, -0.15) is 0 Å². The van der Waals surface area contributed by atoms with Gasteiger partial charge in [0.25, 0.3) is 0 Å². The fourth-order valence-electron chi connectivity index (χ4n) is 2.20. The van der Waals surface area contributed by atoms with E-state index in [4.69, 9.17) is 5.11 Å². The minimum Gasteiger partial charge on any atom is -0.400 e. The lowest BCUT2D eigenvalue weighted by molar-refractivity contribution is -0.112. The quantitative estimate of drug-likeness (QED) is 0.184. The Morgan fingerprint density at radius 3 is 1.35 bits per heavy atom. The Morgan fingerprint density at radius 2 is 1.16 bits per heavy atom. The van der Waals surface area contributed by atoms with Gasteiger partial charge in [0.05, 0.1) is 0 Å². The topological polar surface area (TPSA) is 58.6 Å². The van der Waals surface area contributed by atoms with E-state index in [1.807, 2.05) is 0 Å². The van der Waals surface area contributed by atoms with Crippen molar-refractivity contribution in [1.82, 2.24) is 5.32 Å². The first kappa shape index (κ1) is 34.9. The molecule has 0 aliphatic carbocycles. The van der Waals surface area contributed by atoms with Crippen LogP contribution >= 0.6 is 37.2 Å². The van der Waals surface area contributed by atoms with Crippen LogP contribution in [0.4, 0.5) is 0 Å². The summed E-state index contributed by atoms with van der Waals surface area (Å²) in [6, 6.07) is 21.3. The summed E-state index contributed by atoms with van der Waals surface area (Å²) in [5.41, 5.74) is 2.90. The van der Waals surface area contributed by atoms with Crippen LogP contribution in [0.2, 0.25) is 0 Å². The molecule has 0 aliphatic heterocycles. The van der Waals surface area contributed by atoms with E-state index >= 15 is 0 Å². The molecule has 0 aromatic heterocycles. The van der Waals surface area contributed by atoms with Gasteiger partial charge in [-0.05, 0) is 42.7 Å². The minimum absolute atomic E-state index is 0.169. The highest BCUT2D eigenvalue weighted by molar-refractivity contribution is 15.0. The van der Waals surface area contributed by atoms with E-state index in [0.29, 0.717) is 18.2 Å². The maximum atomic E-state index is 9.58. The third-order valence-corrected chi connectivity index (χ3v) is 4.62. The van der Waals surface area contributed by atoms with Crippen molar-refractivity contribution in [3.05, 3.63) is 71.8 Å². The Bertz CT molecular complexity index is 540. The predicted octanol–water partition coefficient (Wildman–Crippen LogP) is 7.50. The number of carbonyl (C=O) groups is 1. The largest absolute Gasteiger partial charge is 0.400 e. The van der Waals surface area contributed by atoms with Crippen molar-refractivity contribution in [3.8, 4) is 0 Å². The average molecular weight is 657 g/mol. The molecule has 2 aromatic rings. The maximum Gasteiger partial charge on any atom is 0.209 e. The summed E-state index contributed by atoms with van der Waals surface area (Å²) in [7, 11) is 2.53. The predicted molar refractivity (Wildman–Crippen MR) is 152 cm³/mol. The van der Waals surface area contributed by atoms with Gasteiger partial charge in [-0.25, -0.2) is 0 Å². The zero-order chi connectivity index (χ0) is 24.5. The Balaban J connectivity index is -0.000000356. The van der Waals surface area contributed by atoms with Crippen LogP contribution in [0.3, 0.4) is 0 Å². The molecular formula is C25H41I2NO3. The summed E-state index contributed by atoms with van der Waals surface area (Å²) in [6.45, 7) is 10.7. The van der Waals surface area contributed by atoms with Gasteiger partial charge in [-0.15, -0.1) is 0 Å². The zero-order valence-electron chi connectivity index (χ0n) is 20.0. The Labute approximate surface area is 213 Å². The van der Waals surface area contributed by atoms with Crippen molar-refractivity contribution in [1.29, 1.82) is 0 Å². The highest BCUT2D eigenvalue weighted by Crippen LogP contribution is 2.17. The summed E-state index contributed by atoms with van der Waals surface area (Å²) < 4.78 is 4.65. The summed E-state index contributed by atoms with van der Waals surface area (Å²) in [5, 5.41) is 9.39. The number of methoxy groups -OCH3 is 1. The van der Waals surface area contributed by atoms with Crippen molar-refractivity contribution in [2.24, 2.45) is 0 Å². The van der Waals surface area contributed by atoms with E-state index in [0.717, 1.165) is 7.11 Å². The van der Waals surface area contributed by atoms with E-state index in [2.05, 4.69) is 136 Å². The summed E-state index contributed by atoms with van der Waals surface area (Å²) in [4.78, 5) is 9.58. The van der Waals surface area contributed by atoms with Crippen LogP contribution in [0.15, 0.2) is 60.7 Å². The fourth-order valence-corrected chi connectivity index (χ4v) is 2.20. The molecule has 0 fully saturated rings. The van der Waals surface area contributed by atoms with Crippen molar-refractivity contribution in [3.63, 3.8) is 0 Å². The second-order valence-electron chi connectivity index (χ2n) is 6.60. The number of benzene rings is 2. The lowest BCUT2D eigenvalue weighted by Crippen LogP contribution is -2.25. The van der Waals surface area contributed by atoms with E-state index in [1.54, 1.807) is 6.92 Å². The van der Waals surface area contributed by atoms with Gasteiger partial charge < -0.3 is 15.2 Å². The smallest absolute Gasteiger partial charge is 0.209 e. The van der Waals surface area contributed by atoms with E-state index in [9.17, 15) is 4.79 Å². The molecule has 0 radical (unpaired) electrons. The third-order valence-electron chi connectivity index (χ3n) is 4.62. The lowest BCUT2D eigenvalue weighted by atomic mass is 9.99. The van der Waals surface area contributed by atoms with Crippen LogP contribution in [0.5, 0.6) is 0 Å². The number of aliphatic hydroxyl groups excluding tert-OH is 1. The first-order valence-electron chi connectivity index (χ1n) is 10.4. The van der Waals surface area contributed by atoms with Crippen molar-refractivity contribution >= 4 is 43.6 Å². The highest BCUT2D eigenvalue weighted by Gasteiger charge is 1.99. The molecule has 178 valence electrons. The summed E-state index contributed by atoms with van der Waals surface area (Å²) in [6.07, 6.45) is 2.89. The molecule has 0 spiro atoms. The average Bonchev–Trinajstić information content (AvgIpc) is 2.87. The molecule has 0 heterocycles. The van der Waals surface area contributed by atoms with Crippen molar-refractivity contribution in [2.45, 2.75) is 65.5 Å². The molecule has 0 saturated carbocycles. The SMILES string of the molecule is CCC(C)c1ccccc1.CCC(C)c1ccccc1.CO.COC(C)NC=O.II. The van der Waals surface area contributed by atoms with Gasteiger partial charge in [0.15, 0.2) is 0 Å². The van der Waals surface area contributed by atoms with E-state index in [-0.39, 0.29) is 6.23 Å². The molecule has 1 amide bonds. The molecule has 0 bridgehead atoms. The number of amides is 1. The number of halogens is 2. The van der Waals surface area contributed by atoms with E-state index in [1.165, 1.54) is 31.1 Å². The summed E-state index contributed by atoms with van der Waals surface area (Å²) >= 11 is 4.24. The van der Waals surface area contributed by atoms with Gasteiger partial charge >= 0.3 is 0 Å². The molecular weight excluding hydrogens is 616 g/mol. The summed E-state index contributed by atoms with van der Waals surface area (Å²) in [5.74, 6) is 1.42. The molecule has 2 aromatic carbocycles. The molecule has 0 aliphatic rings. The Hall–Kier alpha value is -0.710. The number of hydrogen-bond donors (Lipinski definition) is 2. The van der Waals surface area contributed by atoms with Crippen LogP contribution in [0, 0.1) is 0 Å². The zero-order valence-corrected chi connectivity index (χ0v) is 24.3.